The zero-order chi connectivity index (χ0) is 20.8. The molecule has 1 N–H and O–H groups in total. The Hall–Kier alpha value is -3.05. The number of ether oxygens (including phenoxy) is 2. The Morgan fingerprint density at radius 3 is 2.69 bits per heavy atom. The number of amides is 1. The van der Waals surface area contributed by atoms with E-state index in [1.54, 1.807) is 24.2 Å². The maximum atomic E-state index is 13.2. The fraction of sp³-hybridized carbons (Fsp3) is 0.292. The summed E-state index contributed by atoms with van der Waals surface area (Å²) in [5.74, 6) is 1.00. The quantitative estimate of drug-likeness (QED) is 0.681. The molecule has 152 valence electrons. The molecule has 1 aliphatic heterocycles. The lowest BCUT2D eigenvalue weighted by atomic mass is 10.0. The molecular formula is C24H27NO4. The summed E-state index contributed by atoms with van der Waals surface area (Å²) in [4.78, 5) is 14.9. The summed E-state index contributed by atoms with van der Waals surface area (Å²) in [5, 5.41) is 9.20. The number of hydrogen-bond donors (Lipinski definition) is 1. The predicted molar refractivity (Wildman–Crippen MR) is 113 cm³/mol. The highest BCUT2D eigenvalue weighted by molar-refractivity contribution is 5.97. The molecule has 1 aliphatic rings. The van der Waals surface area contributed by atoms with E-state index in [2.05, 4.69) is 6.58 Å². The molecule has 1 heterocycles. The summed E-state index contributed by atoms with van der Waals surface area (Å²) in [7, 11) is 1.57. The Morgan fingerprint density at radius 2 is 2.03 bits per heavy atom. The van der Waals surface area contributed by atoms with Crippen molar-refractivity contribution in [1.29, 1.82) is 0 Å². The minimum atomic E-state index is -0.117. The molecule has 2 aromatic rings. The van der Waals surface area contributed by atoms with Crippen molar-refractivity contribution in [3.63, 3.8) is 0 Å². The molecule has 5 nitrogen and oxygen atoms in total. The van der Waals surface area contributed by atoms with Crippen LogP contribution in [0.25, 0.3) is 0 Å². The normalized spacial score (nSPS) is 15.8. The molecule has 0 saturated carbocycles. The molecule has 5 heteroatoms. The lowest BCUT2D eigenvalue weighted by Gasteiger charge is -2.22. The van der Waals surface area contributed by atoms with Crippen molar-refractivity contribution in [2.45, 2.75) is 32.4 Å². The highest BCUT2D eigenvalue weighted by Gasteiger charge is 2.29. The summed E-state index contributed by atoms with van der Waals surface area (Å²) in [6, 6.07) is 13.4. The van der Waals surface area contributed by atoms with Gasteiger partial charge in [0.25, 0.3) is 5.91 Å². The summed E-state index contributed by atoms with van der Waals surface area (Å²) in [6.45, 7) is 6.23. The number of benzene rings is 2. The molecule has 0 saturated heterocycles. The van der Waals surface area contributed by atoms with E-state index in [1.807, 2.05) is 49.5 Å². The second-order valence-electron chi connectivity index (χ2n) is 7.07. The Morgan fingerprint density at radius 1 is 1.28 bits per heavy atom. The highest BCUT2D eigenvalue weighted by Crippen LogP contribution is 2.34. The van der Waals surface area contributed by atoms with Crippen LogP contribution in [0, 0.1) is 6.92 Å². The van der Waals surface area contributed by atoms with Gasteiger partial charge < -0.3 is 19.5 Å². The third-order valence-corrected chi connectivity index (χ3v) is 5.07. The van der Waals surface area contributed by atoms with E-state index >= 15 is 0 Å². The van der Waals surface area contributed by atoms with Crippen molar-refractivity contribution < 1.29 is 19.4 Å². The SMILES string of the molecule is C=CC1CC(CCO)=CN1C(=O)c1cc(OC)c(OCc2ccccc2)cc1C. The maximum Gasteiger partial charge on any atom is 0.258 e. The van der Waals surface area contributed by atoms with Crippen molar-refractivity contribution in [3.8, 4) is 11.5 Å². The van der Waals surface area contributed by atoms with Crippen molar-refractivity contribution in [1.82, 2.24) is 4.90 Å². The molecule has 0 fully saturated rings. The van der Waals surface area contributed by atoms with Gasteiger partial charge in [-0.15, -0.1) is 6.58 Å². The van der Waals surface area contributed by atoms with Crippen LogP contribution in [0.2, 0.25) is 0 Å². The van der Waals surface area contributed by atoms with E-state index in [9.17, 15) is 9.90 Å². The van der Waals surface area contributed by atoms with Crippen LogP contribution in [0.3, 0.4) is 0 Å². The summed E-state index contributed by atoms with van der Waals surface area (Å²) in [5.41, 5.74) is 3.46. The van der Waals surface area contributed by atoms with Crippen LogP contribution >= 0.6 is 0 Å². The number of hydrogen-bond acceptors (Lipinski definition) is 4. The van der Waals surface area contributed by atoms with Crippen molar-refractivity contribution in [2.24, 2.45) is 0 Å². The molecule has 0 spiro atoms. The molecular weight excluding hydrogens is 366 g/mol. The van der Waals surface area contributed by atoms with E-state index in [4.69, 9.17) is 9.47 Å². The van der Waals surface area contributed by atoms with Crippen LogP contribution in [-0.2, 0) is 6.61 Å². The van der Waals surface area contributed by atoms with Gasteiger partial charge >= 0.3 is 0 Å². The van der Waals surface area contributed by atoms with Gasteiger partial charge in [0, 0.05) is 18.4 Å². The summed E-state index contributed by atoms with van der Waals surface area (Å²) >= 11 is 0. The minimum absolute atomic E-state index is 0.0675. The van der Waals surface area contributed by atoms with Crippen molar-refractivity contribution >= 4 is 5.91 Å². The van der Waals surface area contributed by atoms with Gasteiger partial charge in [-0.25, -0.2) is 0 Å². The second-order valence-corrected chi connectivity index (χ2v) is 7.07. The van der Waals surface area contributed by atoms with E-state index < -0.39 is 0 Å². The molecule has 3 rings (SSSR count). The standard InChI is InChI=1S/C24H27NO4/c1-4-20-13-19(10-11-26)15-25(20)24(27)21-14-22(28-3)23(12-17(21)2)29-16-18-8-6-5-7-9-18/h4-9,12,14-15,20,26H,1,10-11,13,16H2,2-3H3. The van der Waals surface area contributed by atoms with Gasteiger partial charge in [-0.3, -0.25) is 4.79 Å². The van der Waals surface area contributed by atoms with Gasteiger partial charge in [-0.1, -0.05) is 36.4 Å². The first-order valence-corrected chi connectivity index (χ1v) is 9.68. The lowest BCUT2D eigenvalue weighted by Crippen LogP contribution is -2.31. The van der Waals surface area contributed by atoms with Gasteiger partial charge in [0.2, 0.25) is 0 Å². The van der Waals surface area contributed by atoms with Crippen molar-refractivity contribution in [3.05, 3.63) is 83.6 Å². The lowest BCUT2D eigenvalue weighted by molar-refractivity contribution is 0.0805. The number of rotatable bonds is 8. The van der Waals surface area contributed by atoms with Crippen LogP contribution in [0.5, 0.6) is 11.5 Å². The van der Waals surface area contributed by atoms with E-state index in [0.717, 1.165) is 16.7 Å². The van der Waals surface area contributed by atoms with Crippen LogP contribution in [-0.4, -0.2) is 35.7 Å². The topological polar surface area (TPSA) is 59.0 Å². The maximum absolute atomic E-state index is 13.2. The molecule has 1 amide bonds. The summed E-state index contributed by atoms with van der Waals surface area (Å²) in [6.07, 6.45) is 4.85. The average molecular weight is 393 g/mol. The van der Waals surface area contributed by atoms with Gasteiger partial charge in [0.05, 0.1) is 13.2 Å². The van der Waals surface area contributed by atoms with Gasteiger partial charge in [-0.2, -0.15) is 0 Å². The minimum Gasteiger partial charge on any atom is -0.493 e. The average Bonchev–Trinajstić information content (AvgIpc) is 3.16. The monoisotopic (exact) mass is 393 g/mol. The van der Waals surface area contributed by atoms with Gasteiger partial charge in [-0.05, 0) is 48.6 Å². The Balaban J connectivity index is 1.84. The van der Waals surface area contributed by atoms with Crippen molar-refractivity contribution in [2.75, 3.05) is 13.7 Å². The first kappa shape index (κ1) is 20.7. The van der Waals surface area contributed by atoms with Crippen LogP contribution in [0.4, 0.5) is 0 Å². The molecule has 0 bridgehead atoms. The van der Waals surface area contributed by atoms with E-state index in [-0.39, 0.29) is 18.6 Å². The Labute approximate surface area is 171 Å². The smallest absolute Gasteiger partial charge is 0.258 e. The van der Waals surface area contributed by atoms with Gasteiger partial charge in [0.15, 0.2) is 11.5 Å². The molecule has 1 unspecified atom stereocenters. The van der Waals surface area contributed by atoms with Crippen LogP contribution < -0.4 is 9.47 Å². The molecule has 0 aliphatic carbocycles. The molecule has 0 radical (unpaired) electrons. The van der Waals surface area contributed by atoms with Crippen LogP contribution in [0.15, 0.2) is 66.9 Å². The number of aliphatic hydroxyl groups excluding tert-OH is 1. The largest absolute Gasteiger partial charge is 0.493 e. The number of carbonyl (C=O) groups excluding carboxylic acids is 1. The zero-order valence-electron chi connectivity index (χ0n) is 16.9. The number of aliphatic hydroxyl groups is 1. The fourth-order valence-electron chi connectivity index (χ4n) is 3.47. The fourth-order valence-corrected chi connectivity index (χ4v) is 3.47. The number of aryl methyl sites for hydroxylation is 1. The Kier molecular flexibility index (Phi) is 6.73. The first-order chi connectivity index (χ1) is 14.1. The third-order valence-electron chi connectivity index (χ3n) is 5.07. The third kappa shape index (κ3) is 4.69. The molecule has 1 atom stereocenters. The highest BCUT2D eigenvalue weighted by atomic mass is 16.5. The zero-order valence-corrected chi connectivity index (χ0v) is 16.9. The summed E-state index contributed by atoms with van der Waals surface area (Å²) < 4.78 is 11.4. The molecule has 2 aromatic carbocycles. The van der Waals surface area contributed by atoms with Gasteiger partial charge in [0.1, 0.15) is 6.61 Å². The second kappa shape index (κ2) is 9.43. The predicted octanol–water partition coefficient (Wildman–Crippen LogP) is 4.25. The molecule has 29 heavy (non-hydrogen) atoms. The van der Waals surface area contributed by atoms with E-state index in [0.29, 0.717) is 36.5 Å². The number of methoxy groups -OCH3 is 1. The number of nitrogens with zero attached hydrogens (tertiary/aromatic N) is 1. The number of carbonyl (C=O) groups is 1. The van der Waals surface area contributed by atoms with Crippen LogP contribution in [0.1, 0.15) is 34.3 Å². The Bertz CT molecular complexity index is 905. The first-order valence-electron chi connectivity index (χ1n) is 9.68. The molecule has 0 aromatic heterocycles. The van der Waals surface area contributed by atoms with E-state index in [1.165, 1.54) is 0 Å².